The highest BCUT2D eigenvalue weighted by Crippen LogP contribution is 2.26. The maximum Gasteiger partial charge on any atom is 0.276 e. The molecule has 2 aromatic carbocycles. The molecule has 0 aliphatic rings. The van der Waals surface area contributed by atoms with Gasteiger partial charge in [0.05, 0.1) is 18.5 Å². The Morgan fingerprint density at radius 1 is 1.06 bits per heavy atom. The van der Waals surface area contributed by atoms with E-state index in [9.17, 15) is 4.79 Å². The van der Waals surface area contributed by atoms with Crippen LogP contribution in [0.5, 0.6) is 11.6 Å². The van der Waals surface area contributed by atoms with E-state index in [4.69, 9.17) is 14.5 Å². The first kappa shape index (κ1) is 24.6. The predicted molar refractivity (Wildman–Crippen MR) is 139 cm³/mol. The average molecular weight is 535 g/mol. The Bertz CT molecular complexity index is 1430. The van der Waals surface area contributed by atoms with Crippen molar-refractivity contribution in [2.45, 2.75) is 40.2 Å². The van der Waals surface area contributed by atoms with Crippen LogP contribution in [0.15, 0.2) is 64.0 Å². The number of methoxy groups -OCH3 is 1. The van der Waals surface area contributed by atoms with Crippen LogP contribution < -0.4 is 15.0 Å². The summed E-state index contributed by atoms with van der Waals surface area (Å²) < 4.78 is 13.0. The maximum atomic E-state index is 13.3. The van der Waals surface area contributed by atoms with E-state index in [2.05, 4.69) is 39.7 Å². The molecular weight excluding hydrogens is 508 g/mol. The van der Waals surface area contributed by atoms with Gasteiger partial charge in [-0.05, 0) is 65.2 Å². The highest BCUT2D eigenvalue weighted by atomic mass is 79.9. The molecule has 0 amide bonds. The Balaban J connectivity index is 1.68. The van der Waals surface area contributed by atoms with Crippen molar-refractivity contribution in [3.63, 3.8) is 0 Å². The molecule has 8 heteroatoms. The number of hydrogen-bond acceptors (Lipinski definition) is 6. The molecule has 2 aromatic heterocycles. The number of halogens is 1. The van der Waals surface area contributed by atoms with Gasteiger partial charge in [0, 0.05) is 17.7 Å². The van der Waals surface area contributed by atoms with Gasteiger partial charge in [-0.2, -0.15) is 4.98 Å². The molecule has 4 aromatic rings. The van der Waals surface area contributed by atoms with Crippen LogP contribution in [0, 0.1) is 13.8 Å². The molecule has 2 heterocycles. The Morgan fingerprint density at radius 2 is 1.83 bits per heavy atom. The van der Waals surface area contributed by atoms with Crippen molar-refractivity contribution >= 4 is 15.9 Å². The van der Waals surface area contributed by atoms with Gasteiger partial charge in [0.25, 0.3) is 5.56 Å². The normalized spacial score (nSPS) is 11.1. The van der Waals surface area contributed by atoms with Crippen molar-refractivity contribution in [1.82, 2.24) is 19.5 Å². The van der Waals surface area contributed by atoms with Crippen molar-refractivity contribution in [1.29, 1.82) is 0 Å². The fourth-order valence-electron chi connectivity index (χ4n) is 3.71. The molecule has 7 nitrogen and oxygen atoms in total. The van der Waals surface area contributed by atoms with Gasteiger partial charge in [-0.25, -0.2) is 9.97 Å². The van der Waals surface area contributed by atoms with Gasteiger partial charge in [0.1, 0.15) is 28.5 Å². The summed E-state index contributed by atoms with van der Waals surface area (Å²) in [6.45, 7) is 8.15. The van der Waals surface area contributed by atoms with E-state index in [1.54, 1.807) is 18.6 Å². The molecule has 0 unspecified atom stereocenters. The topological polar surface area (TPSA) is 79.1 Å². The summed E-state index contributed by atoms with van der Waals surface area (Å²) in [6.07, 6.45) is 1.84. The zero-order valence-electron chi connectivity index (χ0n) is 20.4. The van der Waals surface area contributed by atoms with Crippen molar-refractivity contribution in [2.24, 2.45) is 0 Å². The molecule has 0 aliphatic carbocycles. The van der Waals surface area contributed by atoms with Crippen molar-refractivity contribution in [3.05, 3.63) is 92.3 Å². The summed E-state index contributed by atoms with van der Waals surface area (Å²) in [5.74, 6) is 2.50. The SMILES string of the molecule is COc1cccc(COc2nc(C)n(-c3cccc(-c4nc(C(C)C)ncc4C)c3)c(=O)c2Br)c1. The highest BCUT2D eigenvalue weighted by Gasteiger charge is 2.17. The van der Waals surface area contributed by atoms with Crippen LogP contribution in [0.1, 0.15) is 42.5 Å². The second-order valence-electron chi connectivity index (χ2n) is 8.52. The van der Waals surface area contributed by atoms with Crippen LogP contribution in [-0.4, -0.2) is 26.6 Å². The second kappa shape index (κ2) is 10.4. The predicted octanol–water partition coefficient (Wildman–Crippen LogP) is 5.78. The average Bonchev–Trinajstić information content (AvgIpc) is 2.86. The third-order valence-corrected chi connectivity index (χ3v) is 6.24. The molecule has 0 saturated heterocycles. The number of benzene rings is 2. The first-order valence-electron chi connectivity index (χ1n) is 11.3. The lowest BCUT2D eigenvalue weighted by Crippen LogP contribution is -2.23. The molecular formula is C27H27BrN4O3. The summed E-state index contributed by atoms with van der Waals surface area (Å²) >= 11 is 3.40. The third-order valence-electron chi connectivity index (χ3n) is 5.56. The molecule has 0 bridgehead atoms. The third kappa shape index (κ3) is 5.27. The van der Waals surface area contributed by atoms with Crippen LogP contribution >= 0.6 is 15.9 Å². The lowest BCUT2D eigenvalue weighted by atomic mass is 10.1. The lowest BCUT2D eigenvalue weighted by Gasteiger charge is -2.15. The Kier molecular flexibility index (Phi) is 7.31. The Hall–Kier alpha value is -3.52. The molecule has 180 valence electrons. The van der Waals surface area contributed by atoms with E-state index >= 15 is 0 Å². The number of hydrogen-bond donors (Lipinski definition) is 0. The highest BCUT2D eigenvalue weighted by molar-refractivity contribution is 9.10. The number of aryl methyl sites for hydroxylation is 2. The van der Waals surface area contributed by atoms with E-state index in [-0.39, 0.29) is 28.4 Å². The first-order chi connectivity index (χ1) is 16.8. The minimum absolute atomic E-state index is 0.215. The second-order valence-corrected chi connectivity index (χ2v) is 9.32. The smallest absolute Gasteiger partial charge is 0.276 e. The summed E-state index contributed by atoms with van der Waals surface area (Å²) in [6, 6.07) is 15.3. The van der Waals surface area contributed by atoms with Gasteiger partial charge >= 0.3 is 0 Å². The number of aromatic nitrogens is 4. The van der Waals surface area contributed by atoms with Crippen LogP contribution in [-0.2, 0) is 6.61 Å². The molecule has 0 saturated carbocycles. The number of ether oxygens (including phenoxy) is 2. The van der Waals surface area contributed by atoms with Gasteiger partial charge in [-0.3, -0.25) is 9.36 Å². The summed E-state index contributed by atoms with van der Waals surface area (Å²) in [7, 11) is 1.62. The molecule has 4 rings (SSSR count). The van der Waals surface area contributed by atoms with Gasteiger partial charge in [-0.15, -0.1) is 0 Å². The molecule has 0 radical (unpaired) electrons. The van der Waals surface area contributed by atoms with E-state index in [0.717, 1.165) is 34.0 Å². The summed E-state index contributed by atoms with van der Waals surface area (Å²) in [5.41, 5.74) is 4.08. The maximum absolute atomic E-state index is 13.3. The summed E-state index contributed by atoms with van der Waals surface area (Å²) in [5, 5.41) is 0. The van der Waals surface area contributed by atoms with E-state index in [1.807, 2.05) is 61.7 Å². The van der Waals surface area contributed by atoms with Crippen LogP contribution in [0.4, 0.5) is 0 Å². The van der Waals surface area contributed by atoms with Gasteiger partial charge < -0.3 is 9.47 Å². The molecule has 35 heavy (non-hydrogen) atoms. The monoisotopic (exact) mass is 534 g/mol. The Morgan fingerprint density at radius 3 is 2.57 bits per heavy atom. The number of nitrogens with zero attached hydrogens (tertiary/aromatic N) is 4. The molecule has 0 atom stereocenters. The van der Waals surface area contributed by atoms with Crippen LogP contribution in [0.3, 0.4) is 0 Å². The van der Waals surface area contributed by atoms with Crippen molar-refractivity contribution in [3.8, 4) is 28.6 Å². The molecule has 0 fully saturated rings. The molecule has 0 N–H and O–H groups in total. The minimum atomic E-state index is -0.252. The fourth-order valence-corrected chi connectivity index (χ4v) is 4.10. The largest absolute Gasteiger partial charge is 0.497 e. The number of rotatable bonds is 7. The van der Waals surface area contributed by atoms with E-state index < -0.39 is 0 Å². The zero-order chi connectivity index (χ0) is 25.1. The molecule has 0 spiro atoms. The first-order valence-corrected chi connectivity index (χ1v) is 12.1. The fraction of sp³-hybridized carbons (Fsp3) is 0.259. The minimum Gasteiger partial charge on any atom is -0.497 e. The van der Waals surface area contributed by atoms with Crippen LogP contribution in [0.25, 0.3) is 16.9 Å². The standard InChI is InChI=1S/C27H27BrN4O3/c1-16(2)25-29-14-17(3)24(31-25)20-9-7-10-21(13-20)32-18(4)30-26(23(28)27(32)33)35-15-19-8-6-11-22(12-19)34-5/h6-14,16H,15H2,1-5H3. The van der Waals surface area contributed by atoms with E-state index in [0.29, 0.717) is 11.5 Å². The van der Waals surface area contributed by atoms with Crippen molar-refractivity contribution < 1.29 is 9.47 Å². The van der Waals surface area contributed by atoms with Gasteiger partial charge in [0.15, 0.2) is 0 Å². The van der Waals surface area contributed by atoms with Gasteiger partial charge in [0.2, 0.25) is 5.88 Å². The van der Waals surface area contributed by atoms with Crippen LogP contribution in [0.2, 0.25) is 0 Å². The zero-order valence-corrected chi connectivity index (χ0v) is 22.0. The molecule has 0 aliphatic heterocycles. The van der Waals surface area contributed by atoms with E-state index in [1.165, 1.54) is 0 Å². The van der Waals surface area contributed by atoms with Gasteiger partial charge in [-0.1, -0.05) is 38.1 Å². The quantitative estimate of drug-likeness (QED) is 0.299. The summed E-state index contributed by atoms with van der Waals surface area (Å²) in [4.78, 5) is 27.1. The Labute approximate surface area is 213 Å². The lowest BCUT2D eigenvalue weighted by molar-refractivity contribution is 0.288. The van der Waals surface area contributed by atoms with Crippen molar-refractivity contribution in [2.75, 3.05) is 7.11 Å².